The van der Waals surface area contributed by atoms with E-state index in [0.717, 1.165) is 6.20 Å². The number of pyridine rings is 2. The zero-order valence-corrected chi connectivity index (χ0v) is 16.3. The van der Waals surface area contributed by atoms with E-state index in [2.05, 4.69) is 25.3 Å². The summed E-state index contributed by atoms with van der Waals surface area (Å²) < 4.78 is 66.5. The van der Waals surface area contributed by atoms with Crippen LogP contribution in [0.15, 0.2) is 36.7 Å². The van der Waals surface area contributed by atoms with E-state index in [1.807, 2.05) is 4.90 Å². The summed E-state index contributed by atoms with van der Waals surface area (Å²) in [5.41, 5.74) is -0.613. The molecule has 0 aliphatic carbocycles. The first-order valence-electron chi connectivity index (χ1n) is 9.68. The Hall–Kier alpha value is -2.95. The Morgan fingerprint density at radius 2 is 1.71 bits per heavy atom. The van der Waals surface area contributed by atoms with E-state index in [9.17, 15) is 22.0 Å². The molecule has 6 nitrogen and oxygen atoms in total. The number of piperidine rings is 1. The Morgan fingerprint density at radius 3 is 2.45 bits per heavy atom. The number of aromatic nitrogens is 4. The minimum absolute atomic E-state index is 0.0227. The number of hydrogen-bond acceptors (Lipinski definition) is 6. The topological polar surface area (TPSA) is 66.8 Å². The summed E-state index contributed by atoms with van der Waals surface area (Å²) in [5.74, 6) is -1.97. The molecule has 3 aromatic rings. The number of likely N-dealkylation sites (tertiary alicyclic amines) is 1. The minimum Gasteiger partial charge on any atom is -0.365 e. The molecule has 4 heterocycles. The molecule has 0 spiro atoms. The molecule has 0 radical (unpaired) electrons. The largest absolute Gasteiger partial charge is 0.433 e. The van der Waals surface area contributed by atoms with Crippen LogP contribution in [-0.2, 0) is 19.3 Å². The van der Waals surface area contributed by atoms with Gasteiger partial charge in [0.1, 0.15) is 17.3 Å². The summed E-state index contributed by atoms with van der Waals surface area (Å²) in [6.45, 7) is 0.519. The molecule has 0 bridgehead atoms. The molecule has 11 heteroatoms. The smallest absolute Gasteiger partial charge is 0.365 e. The number of hydrogen-bond donors (Lipinski definition) is 1. The van der Waals surface area contributed by atoms with E-state index >= 15 is 0 Å². The molecule has 0 saturated carbocycles. The molecule has 0 unspecified atom stereocenters. The average molecular weight is 438 g/mol. The van der Waals surface area contributed by atoms with Crippen molar-refractivity contribution in [2.45, 2.75) is 38.0 Å². The number of fused-ring (bicyclic) bond motifs is 1. The van der Waals surface area contributed by atoms with Gasteiger partial charge in [0.2, 0.25) is 0 Å². The Morgan fingerprint density at radius 1 is 1.00 bits per heavy atom. The van der Waals surface area contributed by atoms with Crippen LogP contribution in [0.25, 0.3) is 11.0 Å². The molecule has 0 aromatic carbocycles. The number of anilines is 1. The van der Waals surface area contributed by atoms with Gasteiger partial charge >= 0.3 is 6.18 Å². The highest BCUT2D eigenvalue weighted by Crippen LogP contribution is 2.31. The molecule has 0 amide bonds. The van der Waals surface area contributed by atoms with E-state index < -0.39 is 17.8 Å². The first-order chi connectivity index (χ1) is 14.7. The van der Waals surface area contributed by atoms with Crippen LogP contribution in [0.3, 0.4) is 0 Å². The van der Waals surface area contributed by atoms with Crippen LogP contribution in [-0.4, -0.2) is 43.8 Å². The van der Waals surface area contributed by atoms with Crippen molar-refractivity contribution < 1.29 is 22.0 Å². The fraction of sp³-hybridized carbons (Fsp3) is 0.400. The van der Waals surface area contributed by atoms with E-state index in [-0.39, 0.29) is 44.6 Å². The van der Waals surface area contributed by atoms with Crippen molar-refractivity contribution in [3.8, 4) is 0 Å². The second-order valence-electron chi connectivity index (χ2n) is 7.36. The third-order valence-electron chi connectivity index (χ3n) is 5.08. The number of alkyl halides is 5. The van der Waals surface area contributed by atoms with Crippen LogP contribution in [0.4, 0.5) is 27.8 Å². The summed E-state index contributed by atoms with van der Waals surface area (Å²) in [6, 6.07) is 6.17. The number of halogens is 5. The van der Waals surface area contributed by atoms with Crippen molar-refractivity contribution >= 4 is 16.9 Å². The fourth-order valence-corrected chi connectivity index (χ4v) is 3.47. The Kier molecular flexibility index (Phi) is 5.69. The van der Waals surface area contributed by atoms with Gasteiger partial charge in [0.05, 0.1) is 11.9 Å². The van der Waals surface area contributed by atoms with Crippen LogP contribution < -0.4 is 5.32 Å². The van der Waals surface area contributed by atoms with Crippen LogP contribution in [0.2, 0.25) is 0 Å². The van der Waals surface area contributed by atoms with Crippen molar-refractivity contribution in [3.63, 3.8) is 0 Å². The molecule has 164 valence electrons. The monoisotopic (exact) mass is 438 g/mol. The third-order valence-corrected chi connectivity index (χ3v) is 5.08. The first kappa shape index (κ1) is 21.3. The third kappa shape index (κ3) is 5.04. The number of nitrogens with one attached hydrogen (secondary N) is 1. The lowest BCUT2D eigenvalue weighted by molar-refractivity contribution is -0.141. The molecular formula is C20H19F5N6. The van der Waals surface area contributed by atoms with E-state index in [1.165, 1.54) is 12.1 Å². The molecule has 1 N–H and O–H groups in total. The van der Waals surface area contributed by atoms with Gasteiger partial charge in [-0.3, -0.25) is 9.88 Å². The highest BCUT2D eigenvalue weighted by atomic mass is 19.4. The highest BCUT2D eigenvalue weighted by Gasteiger charge is 2.35. The lowest BCUT2D eigenvalue weighted by Gasteiger charge is -2.31. The van der Waals surface area contributed by atoms with Crippen molar-refractivity contribution in [2.24, 2.45) is 0 Å². The van der Waals surface area contributed by atoms with Gasteiger partial charge in [0, 0.05) is 50.4 Å². The van der Waals surface area contributed by atoms with Crippen molar-refractivity contribution in [1.29, 1.82) is 0 Å². The van der Waals surface area contributed by atoms with Gasteiger partial charge in [-0.1, -0.05) is 6.07 Å². The highest BCUT2D eigenvalue weighted by molar-refractivity contribution is 5.86. The summed E-state index contributed by atoms with van der Waals surface area (Å²) in [5, 5.41) is 3.49. The molecule has 4 rings (SSSR count). The minimum atomic E-state index is -4.57. The first-order valence-corrected chi connectivity index (χ1v) is 9.68. The maximum Gasteiger partial charge on any atom is 0.433 e. The van der Waals surface area contributed by atoms with Gasteiger partial charge in [-0.15, -0.1) is 0 Å². The molecule has 3 aromatic heterocycles. The Labute approximate surface area is 174 Å². The summed E-state index contributed by atoms with van der Waals surface area (Å²) in [7, 11) is 0. The van der Waals surface area contributed by atoms with E-state index in [0.29, 0.717) is 22.7 Å². The standard InChI is InChI=1S/C20H19F5N6/c21-19(22)5-9-31(10-6-19)12-15-29-17-14(4-2-8-27-17)18(30-15)28-11-13-3-1-7-26-16(13)20(23,24)25/h1-4,7-8H,5-6,9-12H2,(H,27,28,29,30). The SMILES string of the molecule is FC1(F)CCN(Cc2nc(NCc3cccnc3C(F)(F)F)c3cccnc3n2)CC1. The summed E-state index contributed by atoms with van der Waals surface area (Å²) in [6.07, 6.45) is -2.39. The van der Waals surface area contributed by atoms with Crippen LogP contribution in [0, 0.1) is 0 Å². The normalized spacial score (nSPS) is 17.1. The van der Waals surface area contributed by atoms with Gasteiger partial charge in [0.15, 0.2) is 5.65 Å². The molecule has 0 atom stereocenters. The van der Waals surface area contributed by atoms with Gasteiger partial charge in [-0.2, -0.15) is 13.2 Å². The number of nitrogens with zero attached hydrogens (tertiary/aromatic N) is 5. The van der Waals surface area contributed by atoms with Crippen molar-refractivity contribution in [2.75, 3.05) is 18.4 Å². The zero-order valence-electron chi connectivity index (χ0n) is 16.3. The quantitative estimate of drug-likeness (QED) is 0.600. The van der Waals surface area contributed by atoms with Gasteiger partial charge in [-0.05, 0) is 18.2 Å². The lowest BCUT2D eigenvalue weighted by atomic mass is 10.1. The molecule has 1 aliphatic heterocycles. The molecule has 1 aliphatic rings. The predicted octanol–water partition coefficient (Wildman–Crippen LogP) is 4.28. The molecular weight excluding hydrogens is 419 g/mol. The molecule has 1 saturated heterocycles. The summed E-state index contributed by atoms with van der Waals surface area (Å²) in [4.78, 5) is 18.3. The van der Waals surface area contributed by atoms with Gasteiger partial charge in [0.25, 0.3) is 5.92 Å². The van der Waals surface area contributed by atoms with E-state index in [1.54, 1.807) is 18.3 Å². The van der Waals surface area contributed by atoms with Crippen LogP contribution in [0.5, 0.6) is 0 Å². The molecule has 31 heavy (non-hydrogen) atoms. The van der Waals surface area contributed by atoms with E-state index in [4.69, 9.17) is 0 Å². The fourth-order valence-electron chi connectivity index (χ4n) is 3.47. The molecule has 1 fully saturated rings. The Balaban J connectivity index is 1.58. The maximum atomic E-state index is 13.4. The van der Waals surface area contributed by atoms with Gasteiger partial charge in [-0.25, -0.2) is 23.7 Å². The zero-order chi connectivity index (χ0) is 22.1. The van der Waals surface area contributed by atoms with Gasteiger partial charge < -0.3 is 5.32 Å². The lowest BCUT2D eigenvalue weighted by Crippen LogP contribution is -2.39. The Bertz CT molecular complexity index is 1060. The predicted molar refractivity (Wildman–Crippen MR) is 103 cm³/mol. The van der Waals surface area contributed by atoms with Crippen molar-refractivity contribution in [1.82, 2.24) is 24.8 Å². The van der Waals surface area contributed by atoms with Crippen LogP contribution in [0.1, 0.15) is 29.9 Å². The maximum absolute atomic E-state index is 13.4. The average Bonchev–Trinajstić information content (AvgIpc) is 2.73. The summed E-state index contributed by atoms with van der Waals surface area (Å²) >= 11 is 0. The second kappa shape index (κ2) is 8.29. The van der Waals surface area contributed by atoms with Crippen molar-refractivity contribution in [3.05, 3.63) is 53.7 Å². The number of rotatable bonds is 5. The second-order valence-corrected chi connectivity index (χ2v) is 7.36. The van der Waals surface area contributed by atoms with Crippen LogP contribution >= 0.6 is 0 Å².